The van der Waals surface area contributed by atoms with E-state index in [1.54, 1.807) is 0 Å². The zero-order chi connectivity index (χ0) is 13.3. The molecule has 0 bridgehead atoms. The summed E-state index contributed by atoms with van der Waals surface area (Å²) in [7, 11) is 0. The average Bonchev–Trinajstić information content (AvgIpc) is 2.21. The first-order valence-electron chi connectivity index (χ1n) is 4.38. The summed E-state index contributed by atoms with van der Waals surface area (Å²) in [4.78, 5) is 20.9. The second-order valence-electron chi connectivity index (χ2n) is 3.30. The van der Waals surface area contributed by atoms with Gasteiger partial charge in [0.15, 0.2) is 11.6 Å². The number of aromatic carboxylic acids is 1. The molecule has 7 heteroatoms. The molecule has 1 aromatic rings. The number of carboxylic acid groups (broad SMARTS) is 2. The summed E-state index contributed by atoms with van der Waals surface area (Å²) in [5.41, 5.74) is -2.75. The molecule has 0 fully saturated rings. The molecule has 0 atom stereocenters. The highest BCUT2D eigenvalue weighted by molar-refractivity contribution is 5.90. The standard InChI is InChI=1S/C10H7F3O4/c1-3-6(10(16)17)9(13)8(12)4(7(3)11)2-5(14)15/h2H2,1H3,(H,14,15)(H,16,17). The summed E-state index contributed by atoms with van der Waals surface area (Å²) in [6, 6.07) is 0. The highest BCUT2D eigenvalue weighted by atomic mass is 19.2. The van der Waals surface area contributed by atoms with Gasteiger partial charge in [-0.2, -0.15) is 0 Å². The number of rotatable bonds is 3. The van der Waals surface area contributed by atoms with E-state index in [1.807, 2.05) is 0 Å². The van der Waals surface area contributed by atoms with Gasteiger partial charge in [-0.15, -0.1) is 0 Å². The summed E-state index contributed by atoms with van der Waals surface area (Å²) in [5.74, 6) is -8.27. The molecule has 1 rings (SSSR count). The van der Waals surface area contributed by atoms with Crippen LogP contribution in [-0.4, -0.2) is 22.2 Å². The Morgan fingerprint density at radius 1 is 1.06 bits per heavy atom. The largest absolute Gasteiger partial charge is 0.481 e. The van der Waals surface area contributed by atoms with Gasteiger partial charge in [0.25, 0.3) is 0 Å². The summed E-state index contributed by atoms with van der Waals surface area (Å²) in [6.07, 6.45) is -1.06. The lowest BCUT2D eigenvalue weighted by Gasteiger charge is -2.10. The van der Waals surface area contributed by atoms with Crippen LogP contribution < -0.4 is 0 Å². The van der Waals surface area contributed by atoms with E-state index in [0.29, 0.717) is 0 Å². The Morgan fingerprint density at radius 2 is 1.59 bits per heavy atom. The second-order valence-corrected chi connectivity index (χ2v) is 3.30. The number of carboxylic acids is 2. The van der Waals surface area contributed by atoms with Gasteiger partial charge >= 0.3 is 11.9 Å². The molecule has 0 amide bonds. The summed E-state index contributed by atoms with van der Waals surface area (Å²) < 4.78 is 40.1. The molecule has 0 radical (unpaired) electrons. The number of halogens is 3. The maximum atomic E-state index is 13.5. The van der Waals surface area contributed by atoms with E-state index in [4.69, 9.17) is 10.2 Å². The molecule has 0 spiro atoms. The van der Waals surface area contributed by atoms with Gasteiger partial charge in [-0.25, -0.2) is 18.0 Å². The third kappa shape index (κ3) is 2.22. The van der Waals surface area contributed by atoms with Gasteiger partial charge in [0, 0.05) is 11.1 Å². The van der Waals surface area contributed by atoms with Crippen LogP contribution in [0.25, 0.3) is 0 Å². The van der Waals surface area contributed by atoms with Crippen LogP contribution in [0.15, 0.2) is 0 Å². The van der Waals surface area contributed by atoms with Crippen LogP contribution in [0.3, 0.4) is 0 Å². The lowest BCUT2D eigenvalue weighted by atomic mass is 10.0. The maximum Gasteiger partial charge on any atom is 0.339 e. The fraction of sp³-hybridized carbons (Fsp3) is 0.200. The Bertz CT molecular complexity index is 482. The predicted octanol–water partition coefficient (Wildman–Crippen LogP) is 1.74. The van der Waals surface area contributed by atoms with Crippen molar-refractivity contribution in [3.63, 3.8) is 0 Å². The number of carbonyl (C=O) groups is 2. The van der Waals surface area contributed by atoms with Crippen LogP contribution in [0.2, 0.25) is 0 Å². The highest BCUT2D eigenvalue weighted by Crippen LogP contribution is 2.25. The van der Waals surface area contributed by atoms with E-state index in [-0.39, 0.29) is 0 Å². The van der Waals surface area contributed by atoms with Gasteiger partial charge in [-0.3, -0.25) is 4.79 Å². The molecule has 0 aliphatic rings. The molecule has 0 aromatic heterocycles. The van der Waals surface area contributed by atoms with E-state index in [2.05, 4.69) is 0 Å². The predicted molar refractivity (Wildman–Crippen MR) is 49.4 cm³/mol. The van der Waals surface area contributed by atoms with Crippen molar-refractivity contribution in [1.29, 1.82) is 0 Å². The van der Waals surface area contributed by atoms with Crippen LogP contribution in [0.5, 0.6) is 0 Å². The molecule has 92 valence electrons. The molecular formula is C10H7F3O4. The summed E-state index contributed by atoms with van der Waals surface area (Å²) >= 11 is 0. The average molecular weight is 248 g/mol. The minimum absolute atomic E-state index is 0.632. The number of aliphatic carboxylic acids is 1. The molecule has 0 heterocycles. The van der Waals surface area contributed by atoms with Crippen molar-refractivity contribution in [3.8, 4) is 0 Å². The van der Waals surface area contributed by atoms with Crippen LogP contribution in [0.4, 0.5) is 13.2 Å². The van der Waals surface area contributed by atoms with Gasteiger partial charge in [0.05, 0.1) is 6.42 Å². The Labute approximate surface area is 93.3 Å². The molecule has 2 N–H and O–H groups in total. The third-order valence-corrected chi connectivity index (χ3v) is 2.19. The summed E-state index contributed by atoms with van der Waals surface area (Å²) in [5, 5.41) is 17.0. The number of hydrogen-bond donors (Lipinski definition) is 2. The first kappa shape index (κ1) is 13.0. The zero-order valence-corrected chi connectivity index (χ0v) is 8.55. The van der Waals surface area contributed by atoms with E-state index in [9.17, 15) is 22.8 Å². The molecule has 0 unspecified atom stereocenters. The normalized spacial score (nSPS) is 10.4. The zero-order valence-electron chi connectivity index (χ0n) is 8.55. The van der Waals surface area contributed by atoms with Crippen molar-refractivity contribution < 1.29 is 33.0 Å². The van der Waals surface area contributed by atoms with Gasteiger partial charge in [0.1, 0.15) is 11.4 Å². The van der Waals surface area contributed by atoms with Crippen molar-refractivity contribution in [2.75, 3.05) is 0 Å². The van der Waals surface area contributed by atoms with Crippen molar-refractivity contribution in [2.45, 2.75) is 13.3 Å². The minimum atomic E-state index is -1.82. The lowest BCUT2D eigenvalue weighted by molar-refractivity contribution is -0.136. The minimum Gasteiger partial charge on any atom is -0.481 e. The fourth-order valence-electron chi connectivity index (χ4n) is 1.40. The van der Waals surface area contributed by atoms with E-state index in [0.717, 1.165) is 6.92 Å². The SMILES string of the molecule is Cc1c(F)c(CC(=O)O)c(F)c(F)c1C(=O)O. The monoisotopic (exact) mass is 248 g/mol. The van der Waals surface area contributed by atoms with Crippen LogP contribution in [0.1, 0.15) is 21.5 Å². The summed E-state index contributed by atoms with van der Waals surface area (Å²) in [6.45, 7) is 0.937. The van der Waals surface area contributed by atoms with Gasteiger partial charge in [0.2, 0.25) is 0 Å². The molecular weight excluding hydrogens is 241 g/mol. The fourth-order valence-corrected chi connectivity index (χ4v) is 1.40. The van der Waals surface area contributed by atoms with Crippen LogP contribution >= 0.6 is 0 Å². The van der Waals surface area contributed by atoms with Crippen molar-refractivity contribution in [2.24, 2.45) is 0 Å². The van der Waals surface area contributed by atoms with Gasteiger partial charge < -0.3 is 10.2 Å². The number of benzene rings is 1. The molecule has 0 saturated heterocycles. The molecule has 0 aliphatic heterocycles. The number of hydrogen-bond acceptors (Lipinski definition) is 2. The molecule has 0 aliphatic carbocycles. The van der Waals surface area contributed by atoms with E-state index < -0.39 is 52.5 Å². The van der Waals surface area contributed by atoms with Crippen LogP contribution in [0, 0.1) is 24.4 Å². The van der Waals surface area contributed by atoms with Crippen molar-refractivity contribution in [1.82, 2.24) is 0 Å². The van der Waals surface area contributed by atoms with Crippen molar-refractivity contribution in [3.05, 3.63) is 34.1 Å². The Hall–Kier alpha value is -2.05. The molecule has 1 aromatic carbocycles. The second kappa shape index (κ2) is 4.44. The molecule has 0 saturated carbocycles. The smallest absolute Gasteiger partial charge is 0.339 e. The third-order valence-electron chi connectivity index (χ3n) is 2.19. The van der Waals surface area contributed by atoms with Crippen LogP contribution in [-0.2, 0) is 11.2 Å². The highest BCUT2D eigenvalue weighted by Gasteiger charge is 2.27. The maximum absolute atomic E-state index is 13.5. The van der Waals surface area contributed by atoms with E-state index in [1.165, 1.54) is 0 Å². The quantitative estimate of drug-likeness (QED) is 0.799. The molecule has 4 nitrogen and oxygen atoms in total. The van der Waals surface area contributed by atoms with Gasteiger partial charge in [-0.05, 0) is 6.92 Å². The first-order chi connectivity index (χ1) is 7.77. The molecule has 17 heavy (non-hydrogen) atoms. The topological polar surface area (TPSA) is 74.6 Å². The Morgan fingerprint density at radius 3 is 2.00 bits per heavy atom. The Kier molecular flexibility index (Phi) is 3.40. The van der Waals surface area contributed by atoms with Crippen molar-refractivity contribution >= 4 is 11.9 Å². The van der Waals surface area contributed by atoms with Gasteiger partial charge in [-0.1, -0.05) is 0 Å². The Balaban J connectivity index is 3.58. The van der Waals surface area contributed by atoms with E-state index >= 15 is 0 Å². The first-order valence-corrected chi connectivity index (χ1v) is 4.38. The lowest BCUT2D eigenvalue weighted by Crippen LogP contribution is -2.14.